The molecule has 2 aromatic carbocycles. The first-order valence-electron chi connectivity index (χ1n) is 7.55. The smallest absolute Gasteiger partial charge is 0.350 e. The van der Waals surface area contributed by atoms with Gasteiger partial charge in [0.25, 0.3) is 0 Å². The van der Waals surface area contributed by atoms with E-state index in [1.165, 1.54) is 7.11 Å². The van der Waals surface area contributed by atoms with Crippen LogP contribution in [-0.4, -0.2) is 12.1 Å². The van der Waals surface area contributed by atoms with Crippen molar-refractivity contribution in [3.05, 3.63) is 81.4 Å². The van der Waals surface area contributed by atoms with Crippen molar-refractivity contribution in [2.24, 2.45) is 0 Å². The summed E-state index contributed by atoms with van der Waals surface area (Å²) >= 11 is 0. The van der Waals surface area contributed by atoms with E-state index in [-0.39, 0.29) is 5.89 Å². The standard InChI is InChI=1S/C20H17NO3/c1-4-8-15(14-10-6-5-9-13(14)2)19-21-16-11-7-12-17(23-3)18(16)20(22)24-19/h4-12H,2H2,1,3H3/b8-4-,15-14+. The van der Waals surface area contributed by atoms with Gasteiger partial charge in [-0.2, -0.15) is 0 Å². The number of aromatic nitrogens is 1. The molecule has 0 amide bonds. The number of fused-ring (bicyclic) bond motifs is 1. The molecule has 0 saturated carbocycles. The Morgan fingerprint density at radius 1 is 1.21 bits per heavy atom. The third kappa shape index (κ3) is 2.74. The molecule has 4 heteroatoms. The highest BCUT2D eigenvalue weighted by atomic mass is 16.5. The molecular formula is C20H17NO3. The number of benzene rings is 2. The molecule has 0 unspecified atom stereocenters. The number of hydrogen-bond acceptors (Lipinski definition) is 4. The van der Waals surface area contributed by atoms with Gasteiger partial charge in [0.2, 0.25) is 5.89 Å². The fourth-order valence-electron chi connectivity index (χ4n) is 2.60. The van der Waals surface area contributed by atoms with Crippen LogP contribution in [0.3, 0.4) is 0 Å². The number of rotatable bonds is 3. The highest BCUT2D eigenvalue weighted by Gasteiger charge is 2.13. The molecule has 3 aromatic rings. The maximum absolute atomic E-state index is 12.5. The van der Waals surface area contributed by atoms with Crippen LogP contribution < -0.4 is 20.8 Å². The second-order valence-electron chi connectivity index (χ2n) is 5.23. The van der Waals surface area contributed by atoms with Crippen LogP contribution in [0.5, 0.6) is 5.75 Å². The van der Waals surface area contributed by atoms with Gasteiger partial charge in [0, 0.05) is 5.57 Å². The average molecular weight is 319 g/mol. The minimum Gasteiger partial charge on any atom is -0.496 e. The van der Waals surface area contributed by atoms with Gasteiger partial charge in [-0.1, -0.05) is 49.1 Å². The Hall–Kier alpha value is -3.14. The van der Waals surface area contributed by atoms with Gasteiger partial charge in [0.15, 0.2) is 0 Å². The van der Waals surface area contributed by atoms with Crippen LogP contribution >= 0.6 is 0 Å². The van der Waals surface area contributed by atoms with Crippen LogP contribution in [0.2, 0.25) is 0 Å². The molecule has 0 atom stereocenters. The highest BCUT2D eigenvalue weighted by Crippen LogP contribution is 2.22. The monoisotopic (exact) mass is 319 g/mol. The summed E-state index contributed by atoms with van der Waals surface area (Å²) in [6.45, 7) is 5.94. The molecule has 0 saturated heterocycles. The predicted octanol–water partition coefficient (Wildman–Crippen LogP) is 2.38. The SMILES string of the molecule is C=c1cccc/c1=C(/C=C\C)c1nc2cccc(OC)c2c(=O)o1. The minimum atomic E-state index is -0.476. The Morgan fingerprint density at radius 3 is 2.71 bits per heavy atom. The summed E-state index contributed by atoms with van der Waals surface area (Å²) in [5.41, 5.74) is 0.769. The first kappa shape index (κ1) is 15.7. The molecule has 0 bridgehead atoms. The van der Waals surface area contributed by atoms with Crippen molar-refractivity contribution in [3.8, 4) is 5.75 Å². The largest absolute Gasteiger partial charge is 0.496 e. The summed E-state index contributed by atoms with van der Waals surface area (Å²) in [6, 6.07) is 12.9. The predicted molar refractivity (Wildman–Crippen MR) is 95.4 cm³/mol. The van der Waals surface area contributed by atoms with Crippen LogP contribution in [0.1, 0.15) is 12.8 Å². The van der Waals surface area contributed by atoms with Crippen molar-refractivity contribution in [1.29, 1.82) is 0 Å². The number of methoxy groups -OCH3 is 1. The lowest BCUT2D eigenvalue weighted by atomic mass is 10.1. The second-order valence-corrected chi connectivity index (χ2v) is 5.23. The third-order valence-electron chi connectivity index (χ3n) is 3.71. The van der Waals surface area contributed by atoms with Gasteiger partial charge >= 0.3 is 5.63 Å². The molecule has 4 nitrogen and oxygen atoms in total. The van der Waals surface area contributed by atoms with Gasteiger partial charge in [-0.15, -0.1) is 0 Å². The van der Waals surface area contributed by atoms with E-state index in [9.17, 15) is 4.79 Å². The number of hydrogen-bond donors (Lipinski definition) is 0. The summed E-state index contributed by atoms with van der Waals surface area (Å²) in [7, 11) is 1.51. The third-order valence-corrected chi connectivity index (χ3v) is 3.71. The molecule has 0 aliphatic rings. The van der Waals surface area contributed by atoms with Crippen LogP contribution in [0.25, 0.3) is 23.1 Å². The van der Waals surface area contributed by atoms with E-state index >= 15 is 0 Å². The summed E-state index contributed by atoms with van der Waals surface area (Å²) in [6.07, 6.45) is 3.74. The van der Waals surface area contributed by atoms with E-state index in [0.29, 0.717) is 22.2 Å². The zero-order valence-electron chi connectivity index (χ0n) is 13.6. The Labute approximate surface area is 139 Å². The molecule has 0 N–H and O–H groups in total. The van der Waals surface area contributed by atoms with E-state index < -0.39 is 5.63 Å². The quantitative estimate of drug-likeness (QED) is 0.744. The minimum absolute atomic E-state index is 0.259. The Kier molecular flexibility index (Phi) is 4.29. The molecule has 0 spiro atoms. The average Bonchev–Trinajstić information content (AvgIpc) is 2.59. The molecule has 3 rings (SSSR count). The topological polar surface area (TPSA) is 52.3 Å². The number of ether oxygens (including phenoxy) is 1. The molecule has 1 heterocycles. The number of nitrogens with zero attached hydrogens (tertiary/aromatic N) is 1. The summed E-state index contributed by atoms with van der Waals surface area (Å²) < 4.78 is 10.7. The fourth-order valence-corrected chi connectivity index (χ4v) is 2.60. The Balaban J connectivity index is 2.41. The summed E-state index contributed by atoms with van der Waals surface area (Å²) in [4.78, 5) is 17.0. The van der Waals surface area contributed by atoms with Gasteiger partial charge in [-0.3, -0.25) is 0 Å². The normalized spacial score (nSPS) is 12.6. The van der Waals surface area contributed by atoms with Crippen LogP contribution in [0, 0.1) is 0 Å². The molecule has 1 aromatic heterocycles. The van der Waals surface area contributed by atoms with Crippen molar-refractivity contribution < 1.29 is 9.15 Å². The van der Waals surface area contributed by atoms with Crippen molar-refractivity contribution in [2.45, 2.75) is 6.92 Å². The maximum Gasteiger partial charge on any atom is 0.350 e. The lowest BCUT2D eigenvalue weighted by molar-refractivity contribution is 0.415. The van der Waals surface area contributed by atoms with Gasteiger partial charge < -0.3 is 9.15 Å². The zero-order valence-corrected chi connectivity index (χ0v) is 13.6. The van der Waals surface area contributed by atoms with Crippen LogP contribution in [0.4, 0.5) is 0 Å². The van der Waals surface area contributed by atoms with E-state index in [4.69, 9.17) is 9.15 Å². The van der Waals surface area contributed by atoms with Crippen molar-refractivity contribution in [1.82, 2.24) is 4.98 Å². The second kappa shape index (κ2) is 6.54. The first-order chi connectivity index (χ1) is 11.7. The van der Waals surface area contributed by atoms with Crippen molar-refractivity contribution >= 4 is 23.1 Å². The highest BCUT2D eigenvalue weighted by molar-refractivity contribution is 5.85. The zero-order chi connectivity index (χ0) is 17.1. The maximum atomic E-state index is 12.5. The summed E-state index contributed by atoms with van der Waals surface area (Å²) in [5, 5.41) is 2.04. The van der Waals surface area contributed by atoms with Gasteiger partial charge in [0.1, 0.15) is 11.1 Å². The van der Waals surface area contributed by atoms with Gasteiger partial charge in [0.05, 0.1) is 12.6 Å². The van der Waals surface area contributed by atoms with E-state index in [0.717, 1.165) is 10.4 Å². The molecular weight excluding hydrogens is 302 g/mol. The van der Waals surface area contributed by atoms with Gasteiger partial charge in [-0.25, -0.2) is 9.78 Å². The van der Waals surface area contributed by atoms with E-state index in [2.05, 4.69) is 11.6 Å². The summed E-state index contributed by atoms with van der Waals surface area (Å²) in [5.74, 6) is 0.709. The molecule has 0 fully saturated rings. The fraction of sp³-hybridized carbons (Fsp3) is 0.100. The molecule has 0 radical (unpaired) electrons. The molecule has 0 aliphatic carbocycles. The first-order valence-corrected chi connectivity index (χ1v) is 7.55. The van der Waals surface area contributed by atoms with Crippen molar-refractivity contribution in [2.75, 3.05) is 7.11 Å². The molecule has 120 valence electrons. The number of allylic oxidation sites excluding steroid dienone is 2. The van der Waals surface area contributed by atoms with E-state index in [1.807, 2.05) is 43.3 Å². The van der Waals surface area contributed by atoms with Crippen LogP contribution in [0.15, 0.2) is 63.8 Å². The van der Waals surface area contributed by atoms with E-state index in [1.54, 1.807) is 18.2 Å². The Bertz CT molecular complexity index is 1090. The lowest BCUT2D eigenvalue weighted by Gasteiger charge is -2.06. The van der Waals surface area contributed by atoms with Crippen LogP contribution in [-0.2, 0) is 0 Å². The lowest BCUT2D eigenvalue weighted by Crippen LogP contribution is -2.25. The Morgan fingerprint density at radius 2 is 2.00 bits per heavy atom. The molecule has 24 heavy (non-hydrogen) atoms. The molecule has 0 aliphatic heterocycles. The van der Waals surface area contributed by atoms with Gasteiger partial charge in [-0.05, 0) is 29.5 Å². The van der Waals surface area contributed by atoms with Crippen molar-refractivity contribution in [3.63, 3.8) is 0 Å².